The van der Waals surface area contributed by atoms with Crippen molar-refractivity contribution in [3.8, 4) is 11.5 Å². The number of hydrogen-bond acceptors (Lipinski definition) is 6. The highest BCUT2D eigenvalue weighted by Crippen LogP contribution is 2.38. The molecule has 2 saturated heterocycles. The van der Waals surface area contributed by atoms with Crippen LogP contribution in [0.2, 0.25) is 0 Å². The molecule has 3 aliphatic rings. The third-order valence-electron chi connectivity index (χ3n) is 5.06. The zero-order valence-electron chi connectivity index (χ0n) is 16.0. The Kier molecular flexibility index (Phi) is 6.55. The van der Waals surface area contributed by atoms with E-state index in [-0.39, 0.29) is 11.7 Å². The summed E-state index contributed by atoms with van der Waals surface area (Å²) in [6.45, 7) is 6.89. The number of carboxylic acids is 1. The lowest BCUT2D eigenvalue weighted by atomic mass is 9.98. The van der Waals surface area contributed by atoms with E-state index in [1.165, 1.54) is 5.56 Å². The predicted octanol–water partition coefficient (Wildman–Crippen LogP) is 2.82. The molecule has 2 atom stereocenters. The quantitative estimate of drug-likeness (QED) is 0.804. The molecule has 3 aliphatic heterocycles. The molecule has 162 valence electrons. The van der Waals surface area contributed by atoms with Gasteiger partial charge in [0.2, 0.25) is 6.79 Å². The number of ether oxygens (including phenoxy) is 4. The van der Waals surface area contributed by atoms with E-state index in [4.69, 9.17) is 28.8 Å². The lowest BCUT2D eigenvalue weighted by Crippen LogP contribution is -2.32. The Morgan fingerprint density at radius 3 is 2.76 bits per heavy atom. The number of aliphatic carboxylic acids is 1. The van der Waals surface area contributed by atoms with Crippen molar-refractivity contribution in [2.24, 2.45) is 0 Å². The minimum absolute atomic E-state index is 0.0101. The van der Waals surface area contributed by atoms with Gasteiger partial charge in [-0.2, -0.15) is 13.2 Å². The van der Waals surface area contributed by atoms with Crippen LogP contribution in [0.5, 0.6) is 11.5 Å². The van der Waals surface area contributed by atoms with Crippen molar-refractivity contribution >= 4 is 5.97 Å². The van der Waals surface area contributed by atoms with Gasteiger partial charge in [-0.05, 0) is 31.0 Å². The monoisotopic (exact) mass is 419 g/mol. The molecule has 1 aromatic rings. The molecule has 4 rings (SSSR count). The molecule has 3 heterocycles. The number of hydrogen-bond donors (Lipinski definition) is 1. The van der Waals surface area contributed by atoms with Crippen LogP contribution >= 0.6 is 0 Å². The van der Waals surface area contributed by atoms with Crippen LogP contribution in [-0.4, -0.2) is 67.0 Å². The topological polar surface area (TPSA) is 77.5 Å². The molecule has 0 radical (unpaired) electrons. The van der Waals surface area contributed by atoms with Gasteiger partial charge in [0.15, 0.2) is 11.5 Å². The summed E-state index contributed by atoms with van der Waals surface area (Å²) >= 11 is 0. The first-order chi connectivity index (χ1) is 13.7. The van der Waals surface area contributed by atoms with Crippen molar-refractivity contribution in [1.82, 2.24) is 4.90 Å². The maximum Gasteiger partial charge on any atom is 0.490 e. The molecule has 0 unspecified atom stereocenters. The van der Waals surface area contributed by atoms with Gasteiger partial charge in [-0.15, -0.1) is 0 Å². The molecule has 0 aromatic heterocycles. The number of halogens is 3. The first-order valence-corrected chi connectivity index (χ1v) is 9.37. The summed E-state index contributed by atoms with van der Waals surface area (Å²) in [5, 5.41) is 7.12. The van der Waals surface area contributed by atoms with Crippen molar-refractivity contribution in [2.75, 3.05) is 33.1 Å². The van der Waals surface area contributed by atoms with Gasteiger partial charge in [-0.1, -0.05) is 6.07 Å². The molecule has 1 spiro atoms. The standard InChI is InChI=1S/C17H23NO4.C2HF3O2/c1-2-19-14-8-17(22-10-14)5-6-18(11-17)9-13-3-4-15-16(7-13)21-12-20-15;3-2(4,5)1(6)7/h3-4,7,14H,2,5-6,8-12H2,1H3;(H,6,7)/t14-,17-;/m0./s1. The smallest absolute Gasteiger partial charge is 0.475 e. The van der Waals surface area contributed by atoms with Gasteiger partial charge in [-0.3, -0.25) is 4.90 Å². The van der Waals surface area contributed by atoms with Gasteiger partial charge in [0, 0.05) is 32.7 Å². The Hall–Kier alpha value is -2.04. The highest BCUT2D eigenvalue weighted by atomic mass is 19.4. The van der Waals surface area contributed by atoms with Gasteiger partial charge >= 0.3 is 12.1 Å². The van der Waals surface area contributed by atoms with E-state index in [2.05, 4.69) is 17.0 Å². The molecular weight excluding hydrogens is 395 g/mol. The molecule has 29 heavy (non-hydrogen) atoms. The van der Waals surface area contributed by atoms with Gasteiger partial charge in [-0.25, -0.2) is 4.79 Å². The second-order valence-corrected chi connectivity index (χ2v) is 7.23. The Balaban J connectivity index is 0.000000298. The molecule has 10 heteroatoms. The highest BCUT2D eigenvalue weighted by Gasteiger charge is 2.45. The van der Waals surface area contributed by atoms with E-state index >= 15 is 0 Å². The maximum atomic E-state index is 10.6. The van der Waals surface area contributed by atoms with Gasteiger partial charge < -0.3 is 24.1 Å². The van der Waals surface area contributed by atoms with Crippen molar-refractivity contribution in [3.63, 3.8) is 0 Å². The highest BCUT2D eigenvalue weighted by molar-refractivity contribution is 5.73. The fourth-order valence-corrected chi connectivity index (χ4v) is 3.79. The van der Waals surface area contributed by atoms with Gasteiger partial charge in [0.1, 0.15) is 0 Å². The Morgan fingerprint density at radius 1 is 1.34 bits per heavy atom. The van der Waals surface area contributed by atoms with Crippen LogP contribution in [0.25, 0.3) is 0 Å². The molecule has 0 amide bonds. The number of rotatable bonds is 4. The van der Waals surface area contributed by atoms with Crippen LogP contribution < -0.4 is 9.47 Å². The maximum absolute atomic E-state index is 10.6. The Morgan fingerprint density at radius 2 is 2.07 bits per heavy atom. The number of carbonyl (C=O) groups is 1. The summed E-state index contributed by atoms with van der Waals surface area (Å²) in [4.78, 5) is 11.4. The van der Waals surface area contributed by atoms with E-state index in [9.17, 15) is 13.2 Å². The fraction of sp³-hybridized carbons (Fsp3) is 0.632. The van der Waals surface area contributed by atoms with Gasteiger partial charge in [0.05, 0.1) is 18.3 Å². The van der Waals surface area contributed by atoms with Crippen LogP contribution in [0, 0.1) is 0 Å². The lowest BCUT2D eigenvalue weighted by molar-refractivity contribution is -0.192. The Labute approximate surface area is 166 Å². The largest absolute Gasteiger partial charge is 0.490 e. The third-order valence-corrected chi connectivity index (χ3v) is 5.06. The number of nitrogens with zero attached hydrogens (tertiary/aromatic N) is 1. The molecule has 7 nitrogen and oxygen atoms in total. The van der Waals surface area contributed by atoms with E-state index in [1.807, 2.05) is 13.0 Å². The molecular formula is C19H24F3NO6. The van der Waals surface area contributed by atoms with E-state index in [0.29, 0.717) is 6.79 Å². The number of likely N-dealkylation sites (tertiary alicyclic amines) is 1. The van der Waals surface area contributed by atoms with E-state index in [1.54, 1.807) is 0 Å². The van der Waals surface area contributed by atoms with Crippen LogP contribution in [0.1, 0.15) is 25.3 Å². The predicted molar refractivity (Wildman–Crippen MR) is 94.9 cm³/mol. The van der Waals surface area contributed by atoms with Crippen molar-refractivity contribution in [3.05, 3.63) is 23.8 Å². The second-order valence-electron chi connectivity index (χ2n) is 7.23. The molecule has 0 saturated carbocycles. The number of carboxylic acid groups (broad SMARTS) is 1. The van der Waals surface area contributed by atoms with Gasteiger partial charge in [0.25, 0.3) is 0 Å². The molecule has 1 N–H and O–H groups in total. The fourth-order valence-electron chi connectivity index (χ4n) is 3.79. The minimum atomic E-state index is -5.08. The number of alkyl halides is 3. The average Bonchev–Trinajstić information content (AvgIpc) is 3.36. The normalized spacial score (nSPS) is 25.9. The molecule has 0 bridgehead atoms. The van der Waals surface area contributed by atoms with Crippen LogP contribution in [0.4, 0.5) is 13.2 Å². The third kappa shape index (κ3) is 5.52. The average molecular weight is 419 g/mol. The summed E-state index contributed by atoms with van der Waals surface area (Å²) in [7, 11) is 0. The Bertz CT molecular complexity index is 728. The zero-order valence-corrected chi connectivity index (χ0v) is 16.0. The van der Waals surface area contributed by atoms with Crippen molar-refractivity contribution in [2.45, 2.75) is 44.2 Å². The zero-order chi connectivity index (χ0) is 21.1. The lowest BCUT2D eigenvalue weighted by Gasteiger charge is -2.23. The molecule has 2 fully saturated rings. The number of fused-ring (bicyclic) bond motifs is 1. The van der Waals surface area contributed by atoms with Crippen LogP contribution in [-0.2, 0) is 20.8 Å². The summed E-state index contributed by atoms with van der Waals surface area (Å²) in [5.74, 6) is -1.05. The van der Waals surface area contributed by atoms with Crippen LogP contribution in [0.15, 0.2) is 18.2 Å². The first-order valence-electron chi connectivity index (χ1n) is 9.37. The second kappa shape index (κ2) is 8.76. The summed E-state index contributed by atoms with van der Waals surface area (Å²) in [5.41, 5.74) is 1.27. The van der Waals surface area contributed by atoms with E-state index < -0.39 is 12.1 Å². The first kappa shape index (κ1) is 21.7. The SMILES string of the molecule is CCO[C@@H]1CO[C@@]2(CCN(Cc3ccc4c(c3)OCO4)C2)C1.O=C(O)C(F)(F)F. The summed E-state index contributed by atoms with van der Waals surface area (Å²) < 4.78 is 54.4. The molecule has 0 aliphatic carbocycles. The van der Waals surface area contributed by atoms with Crippen molar-refractivity contribution in [1.29, 1.82) is 0 Å². The minimum Gasteiger partial charge on any atom is -0.475 e. The molecule has 1 aromatic carbocycles. The van der Waals surface area contributed by atoms with E-state index in [0.717, 1.165) is 57.2 Å². The summed E-state index contributed by atoms with van der Waals surface area (Å²) in [6.07, 6.45) is -2.69. The number of benzene rings is 1. The van der Waals surface area contributed by atoms with Crippen LogP contribution in [0.3, 0.4) is 0 Å². The summed E-state index contributed by atoms with van der Waals surface area (Å²) in [6, 6.07) is 6.21. The van der Waals surface area contributed by atoms with Crippen molar-refractivity contribution < 1.29 is 42.0 Å².